The number of rotatable bonds is 11. The summed E-state index contributed by atoms with van der Waals surface area (Å²) in [6.45, 7) is 4.57. The first-order chi connectivity index (χ1) is 9.38. The van der Waals surface area contributed by atoms with Gasteiger partial charge in [-0.3, -0.25) is 0 Å². The molecule has 0 bridgehead atoms. The van der Waals surface area contributed by atoms with Crippen molar-refractivity contribution in [3.05, 3.63) is 35.9 Å². The molecule has 0 N–H and O–H groups in total. The zero-order valence-corrected chi connectivity index (χ0v) is 13.0. The van der Waals surface area contributed by atoms with Crippen LogP contribution in [0.1, 0.15) is 89.5 Å². The van der Waals surface area contributed by atoms with Crippen LogP contribution in [0.3, 0.4) is 0 Å². The van der Waals surface area contributed by atoms with Crippen LogP contribution in [-0.4, -0.2) is 0 Å². The number of hydrogen-bond donors (Lipinski definition) is 0. The van der Waals surface area contributed by atoms with Gasteiger partial charge in [0, 0.05) is 0 Å². The Morgan fingerprint density at radius 2 is 1.47 bits per heavy atom. The molecule has 0 saturated carbocycles. The SMILES string of the molecule is CCCCCCC(CCCCCC)c1[c]cccc1. The highest BCUT2D eigenvalue weighted by Gasteiger charge is 2.10. The molecule has 1 aromatic carbocycles. The van der Waals surface area contributed by atoms with Gasteiger partial charge < -0.3 is 0 Å². The normalized spacial score (nSPS) is 11.1. The summed E-state index contributed by atoms with van der Waals surface area (Å²) in [6.07, 6.45) is 13.7. The summed E-state index contributed by atoms with van der Waals surface area (Å²) in [7, 11) is 0. The van der Waals surface area contributed by atoms with Gasteiger partial charge in [0.25, 0.3) is 0 Å². The second-order valence-electron chi connectivity index (χ2n) is 5.71. The lowest BCUT2D eigenvalue weighted by Gasteiger charge is -2.17. The van der Waals surface area contributed by atoms with Crippen LogP contribution < -0.4 is 0 Å². The summed E-state index contributed by atoms with van der Waals surface area (Å²) in [4.78, 5) is 0. The largest absolute Gasteiger partial charge is 0.0654 e. The van der Waals surface area contributed by atoms with Crippen LogP contribution in [0.4, 0.5) is 0 Å². The Hall–Kier alpha value is -0.780. The maximum Gasteiger partial charge on any atom is -0.0146 e. The Bertz CT molecular complexity index is 276. The molecule has 0 unspecified atom stereocenters. The van der Waals surface area contributed by atoms with Crippen molar-refractivity contribution in [3.63, 3.8) is 0 Å². The van der Waals surface area contributed by atoms with Crippen molar-refractivity contribution in [1.29, 1.82) is 0 Å². The van der Waals surface area contributed by atoms with Crippen LogP contribution in [0.5, 0.6) is 0 Å². The Balaban J connectivity index is 2.39. The van der Waals surface area contributed by atoms with Crippen LogP contribution in [0.2, 0.25) is 0 Å². The van der Waals surface area contributed by atoms with Gasteiger partial charge in [-0.25, -0.2) is 0 Å². The Morgan fingerprint density at radius 3 is 1.95 bits per heavy atom. The first kappa shape index (κ1) is 16.3. The number of hydrogen-bond acceptors (Lipinski definition) is 0. The van der Waals surface area contributed by atoms with Gasteiger partial charge in [-0.2, -0.15) is 0 Å². The summed E-state index contributed by atoms with van der Waals surface area (Å²) in [5, 5.41) is 0. The molecular weight excluding hydrogens is 228 g/mol. The van der Waals surface area contributed by atoms with Crippen molar-refractivity contribution >= 4 is 0 Å². The third-order valence-electron chi connectivity index (χ3n) is 3.99. The molecule has 0 heterocycles. The quantitative estimate of drug-likeness (QED) is 0.397. The topological polar surface area (TPSA) is 0 Å². The second-order valence-corrected chi connectivity index (χ2v) is 5.71. The number of benzene rings is 1. The predicted octanol–water partition coefficient (Wildman–Crippen LogP) is 6.51. The molecule has 0 heteroatoms. The van der Waals surface area contributed by atoms with Crippen LogP contribution >= 0.6 is 0 Å². The smallest absolute Gasteiger partial charge is 0.0146 e. The molecule has 0 spiro atoms. The first-order valence-electron chi connectivity index (χ1n) is 8.35. The minimum atomic E-state index is 0.745. The summed E-state index contributed by atoms with van der Waals surface area (Å²) >= 11 is 0. The van der Waals surface area contributed by atoms with Gasteiger partial charge in [-0.05, 0) is 30.4 Å². The van der Waals surface area contributed by atoms with E-state index in [1.807, 2.05) is 0 Å². The van der Waals surface area contributed by atoms with Gasteiger partial charge in [-0.1, -0.05) is 89.5 Å². The van der Waals surface area contributed by atoms with Gasteiger partial charge in [0.05, 0.1) is 0 Å². The fourth-order valence-electron chi connectivity index (χ4n) is 2.75. The Morgan fingerprint density at radius 1 is 0.842 bits per heavy atom. The lowest BCUT2D eigenvalue weighted by atomic mass is 9.88. The van der Waals surface area contributed by atoms with Crippen LogP contribution in [-0.2, 0) is 0 Å². The molecule has 0 atom stereocenters. The standard InChI is InChI=1S/C19H31/c1-3-5-7-10-14-18(15-11-8-6-4-2)19-16-12-9-13-17-19/h9,12-13,16,18H,3-8,10-11,14-15H2,1-2H3. The van der Waals surface area contributed by atoms with Crippen molar-refractivity contribution in [2.45, 2.75) is 84.0 Å². The summed E-state index contributed by atoms with van der Waals surface area (Å²) in [5.41, 5.74) is 1.44. The zero-order valence-electron chi connectivity index (χ0n) is 13.0. The fraction of sp³-hybridized carbons (Fsp3) is 0.684. The van der Waals surface area contributed by atoms with Gasteiger partial charge in [0.15, 0.2) is 0 Å². The van der Waals surface area contributed by atoms with E-state index < -0.39 is 0 Å². The number of unbranched alkanes of at least 4 members (excludes halogenated alkanes) is 6. The third-order valence-corrected chi connectivity index (χ3v) is 3.99. The molecule has 1 radical (unpaired) electrons. The average molecular weight is 259 g/mol. The maximum absolute atomic E-state index is 3.45. The molecule has 0 fully saturated rings. The van der Waals surface area contributed by atoms with Crippen molar-refractivity contribution in [2.75, 3.05) is 0 Å². The van der Waals surface area contributed by atoms with Gasteiger partial charge >= 0.3 is 0 Å². The molecule has 0 aromatic heterocycles. The third kappa shape index (κ3) is 7.40. The molecule has 0 saturated heterocycles. The van der Waals surface area contributed by atoms with Crippen molar-refractivity contribution in [1.82, 2.24) is 0 Å². The van der Waals surface area contributed by atoms with Gasteiger partial charge in [-0.15, -0.1) is 0 Å². The van der Waals surface area contributed by atoms with E-state index >= 15 is 0 Å². The van der Waals surface area contributed by atoms with Crippen LogP contribution in [0, 0.1) is 6.07 Å². The highest BCUT2D eigenvalue weighted by atomic mass is 14.2. The van der Waals surface area contributed by atoms with E-state index in [4.69, 9.17) is 0 Å². The molecular formula is C19H31. The van der Waals surface area contributed by atoms with Crippen LogP contribution in [0.25, 0.3) is 0 Å². The molecule has 107 valence electrons. The molecule has 0 aliphatic heterocycles. The first-order valence-corrected chi connectivity index (χ1v) is 8.35. The molecule has 19 heavy (non-hydrogen) atoms. The maximum atomic E-state index is 3.45. The van der Waals surface area contributed by atoms with Crippen molar-refractivity contribution in [2.24, 2.45) is 0 Å². The molecule has 0 aliphatic carbocycles. The lowest BCUT2D eigenvalue weighted by Crippen LogP contribution is -2.00. The molecule has 0 amide bonds. The summed E-state index contributed by atoms with van der Waals surface area (Å²) in [6, 6.07) is 12.0. The highest BCUT2D eigenvalue weighted by molar-refractivity contribution is 5.17. The monoisotopic (exact) mass is 259 g/mol. The molecule has 0 aliphatic rings. The van der Waals surface area contributed by atoms with Gasteiger partial charge in [0.2, 0.25) is 0 Å². The lowest BCUT2D eigenvalue weighted by molar-refractivity contribution is 0.496. The van der Waals surface area contributed by atoms with Gasteiger partial charge in [0.1, 0.15) is 0 Å². The van der Waals surface area contributed by atoms with E-state index in [1.54, 1.807) is 0 Å². The predicted molar refractivity (Wildman–Crippen MR) is 85.5 cm³/mol. The molecule has 1 rings (SSSR count). The molecule has 1 aromatic rings. The molecule has 0 nitrogen and oxygen atoms in total. The van der Waals surface area contributed by atoms with E-state index in [0.29, 0.717) is 0 Å². The van der Waals surface area contributed by atoms with E-state index in [9.17, 15) is 0 Å². The van der Waals surface area contributed by atoms with E-state index in [-0.39, 0.29) is 0 Å². The minimum Gasteiger partial charge on any atom is -0.0654 e. The Kier molecular flexibility index (Phi) is 9.49. The fourth-order valence-corrected chi connectivity index (χ4v) is 2.75. The van der Waals surface area contributed by atoms with Crippen LogP contribution in [0.15, 0.2) is 24.3 Å². The Labute approximate surface area is 120 Å². The average Bonchev–Trinajstić information content (AvgIpc) is 2.46. The summed E-state index contributed by atoms with van der Waals surface area (Å²) < 4.78 is 0. The van der Waals surface area contributed by atoms with E-state index in [1.165, 1.54) is 69.8 Å². The van der Waals surface area contributed by atoms with Crippen molar-refractivity contribution in [3.8, 4) is 0 Å². The van der Waals surface area contributed by atoms with E-state index in [0.717, 1.165) is 5.92 Å². The summed E-state index contributed by atoms with van der Waals surface area (Å²) in [5.74, 6) is 0.745. The minimum absolute atomic E-state index is 0.745. The van der Waals surface area contributed by atoms with Crippen molar-refractivity contribution < 1.29 is 0 Å². The second kappa shape index (κ2) is 11.1. The highest BCUT2D eigenvalue weighted by Crippen LogP contribution is 2.28. The zero-order chi connectivity index (χ0) is 13.8. The van der Waals surface area contributed by atoms with E-state index in [2.05, 4.69) is 44.2 Å².